The molecule has 0 saturated carbocycles. The van der Waals surface area contributed by atoms with E-state index in [0.717, 1.165) is 22.4 Å². The molecule has 0 saturated heterocycles. The smallest absolute Gasteiger partial charge is 0.254 e. The largest absolute Gasteiger partial charge is 0.487 e. The fourth-order valence-electron chi connectivity index (χ4n) is 3.39. The first kappa shape index (κ1) is 19.6. The zero-order valence-corrected chi connectivity index (χ0v) is 16.4. The Morgan fingerprint density at radius 2 is 1.93 bits per heavy atom. The highest BCUT2D eigenvalue weighted by molar-refractivity contribution is 5.96. The summed E-state index contributed by atoms with van der Waals surface area (Å²) in [6.45, 7) is 2.71. The number of amides is 2. The van der Waals surface area contributed by atoms with Gasteiger partial charge in [0.15, 0.2) is 0 Å². The SMILES string of the molecule is CCNC(=O)c1cc(CNC(=O)c2ccc3c(c2)COc2cnccc2-3)ccc1F. The zero-order chi connectivity index (χ0) is 21.1. The van der Waals surface area contributed by atoms with Crippen LogP contribution < -0.4 is 15.4 Å². The minimum absolute atomic E-state index is 0.0392. The number of fused-ring (bicyclic) bond motifs is 3. The van der Waals surface area contributed by atoms with Crippen LogP contribution in [0.4, 0.5) is 4.39 Å². The van der Waals surface area contributed by atoms with E-state index < -0.39 is 11.7 Å². The molecule has 0 aliphatic carbocycles. The van der Waals surface area contributed by atoms with Gasteiger partial charge >= 0.3 is 0 Å². The van der Waals surface area contributed by atoms with Crippen LogP contribution in [-0.2, 0) is 13.2 Å². The number of nitrogens with zero attached hydrogens (tertiary/aromatic N) is 1. The first-order valence-electron chi connectivity index (χ1n) is 9.61. The van der Waals surface area contributed by atoms with Crippen LogP contribution in [0.5, 0.6) is 5.75 Å². The Morgan fingerprint density at radius 3 is 2.77 bits per heavy atom. The second-order valence-corrected chi connectivity index (χ2v) is 6.89. The molecular weight excluding hydrogens is 385 g/mol. The quantitative estimate of drug-likeness (QED) is 0.681. The van der Waals surface area contributed by atoms with Crippen molar-refractivity contribution in [1.82, 2.24) is 15.6 Å². The van der Waals surface area contributed by atoms with Crippen LogP contribution in [0.2, 0.25) is 0 Å². The first-order valence-corrected chi connectivity index (χ1v) is 9.61. The molecule has 2 heterocycles. The number of pyridine rings is 1. The normalized spacial score (nSPS) is 11.7. The summed E-state index contributed by atoms with van der Waals surface area (Å²) in [7, 11) is 0. The van der Waals surface area contributed by atoms with Crippen LogP contribution in [-0.4, -0.2) is 23.3 Å². The van der Waals surface area contributed by atoms with Gasteiger partial charge in [0.1, 0.15) is 18.2 Å². The number of nitrogens with one attached hydrogen (secondary N) is 2. The molecule has 0 radical (unpaired) electrons. The monoisotopic (exact) mass is 405 g/mol. The van der Waals surface area contributed by atoms with Crippen molar-refractivity contribution in [3.8, 4) is 16.9 Å². The van der Waals surface area contributed by atoms with Gasteiger partial charge in [-0.15, -0.1) is 0 Å². The number of aromatic nitrogens is 1. The van der Waals surface area contributed by atoms with Crippen molar-refractivity contribution in [3.05, 3.63) is 82.9 Å². The average Bonchev–Trinajstić information content (AvgIpc) is 2.78. The molecule has 6 nitrogen and oxygen atoms in total. The van der Waals surface area contributed by atoms with E-state index in [9.17, 15) is 14.0 Å². The number of hydrogen-bond donors (Lipinski definition) is 2. The van der Waals surface area contributed by atoms with Gasteiger partial charge in [0.2, 0.25) is 0 Å². The summed E-state index contributed by atoms with van der Waals surface area (Å²) in [6, 6.07) is 11.6. The third-order valence-electron chi connectivity index (χ3n) is 4.89. The van der Waals surface area contributed by atoms with Gasteiger partial charge in [-0.05, 0) is 53.9 Å². The van der Waals surface area contributed by atoms with Crippen molar-refractivity contribution in [2.45, 2.75) is 20.1 Å². The van der Waals surface area contributed by atoms with E-state index in [1.54, 1.807) is 37.5 Å². The molecule has 152 valence electrons. The molecule has 0 bridgehead atoms. The summed E-state index contributed by atoms with van der Waals surface area (Å²) in [5, 5.41) is 5.39. The van der Waals surface area contributed by atoms with E-state index in [-0.39, 0.29) is 18.0 Å². The molecule has 7 heteroatoms. The molecule has 2 N–H and O–H groups in total. The van der Waals surface area contributed by atoms with Crippen LogP contribution in [0.3, 0.4) is 0 Å². The van der Waals surface area contributed by atoms with Crippen molar-refractivity contribution in [3.63, 3.8) is 0 Å². The van der Waals surface area contributed by atoms with Crippen LogP contribution >= 0.6 is 0 Å². The van der Waals surface area contributed by atoms with Gasteiger partial charge in [0.05, 0.1) is 11.8 Å². The molecule has 2 aromatic carbocycles. The average molecular weight is 405 g/mol. The number of benzene rings is 2. The molecule has 3 aromatic rings. The maximum atomic E-state index is 13.9. The highest BCUT2D eigenvalue weighted by atomic mass is 19.1. The Hall–Kier alpha value is -3.74. The lowest BCUT2D eigenvalue weighted by molar-refractivity contribution is 0.0945. The third-order valence-corrected chi connectivity index (χ3v) is 4.89. The van der Waals surface area contributed by atoms with Gasteiger partial charge in [-0.25, -0.2) is 4.39 Å². The number of carbonyl (C=O) groups excluding carboxylic acids is 2. The topological polar surface area (TPSA) is 80.3 Å². The molecule has 1 aromatic heterocycles. The lowest BCUT2D eigenvalue weighted by Gasteiger charge is -2.20. The van der Waals surface area contributed by atoms with Crippen molar-refractivity contribution < 1.29 is 18.7 Å². The summed E-state index contributed by atoms with van der Waals surface area (Å²) in [4.78, 5) is 28.6. The molecule has 0 fully saturated rings. The Morgan fingerprint density at radius 1 is 1.07 bits per heavy atom. The van der Waals surface area contributed by atoms with E-state index in [4.69, 9.17) is 4.74 Å². The molecular formula is C23H20FN3O3. The Kier molecular flexibility index (Phi) is 5.43. The molecule has 1 aliphatic rings. The van der Waals surface area contributed by atoms with E-state index in [2.05, 4.69) is 15.6 Å². The minimum Gasteiger partial charge on any atom is -0.487 e. The fraction of sp³-hybridized carbons (Fsp3) is 0.174. The van der Waals surface area contributed by atoms with Crippen LogP contribution in [0, 0.1) is 5.82 Å². The van der Waals surface area contributed by atoms with Crippen molar-refractivity contribution in [2.24, 2.45) is 0 Å². The summed E-state index contributed by atoms with van der Waals surface area (Å²) >= 11 is 0. The molecule has 0 unspecified atom stereocenters. The first-order chi connectivity index (χ1) is 14.6. The number of carbonyl (C=O) groups is 2. The molecule has 1 aliphatic heterocycles. The minimum atomic E-state index is -0.596. The molecule has 30 heavy (non-hydrogen) atoms. The van der Waals surface area contributed by atoms with Crippen molar-refractivity contribution >= 4 is 11.8 Å². The van der Waals surface area contributed by atoms with Gasteiger partial charge in [-0.1, -0.05) is 12.1 Å². The van der Waals surface area contributed by atoms with Gasteiger partial charge in [0.25, 0.3) is 11.8 Å². The lowest BCUT2D eigenvalue weighted by Crippen LogP contribution is -2.25. The summed E-state index contributed by atoms with van der Waals surface area (Å²) < 4.78 is 19.6. The highest BCUT2D eigenvalue weighted by Gasteiger charge is 2.19. The predicted octanol–water partition coefficient (Wildman–Crippen LogP) is 3.46. The number of ether oxygens (including phenoxy) is 1. The second kappa shape index (κ2) is 8.32. The molecule has 0 atom stereocenters. The summed E-state index contributed by atoms with van der Waals surface area (Å²) in [5.41, 5.74) is 3.97. The maximum absolute atomic E-state index is 13.9. The molecule has 2 amide bonds. The summed E-state index contributed by atoms with van der Waals surface area (Å²) in [5.74, 6) is -0.613. The van der Waals surface area contributed by atoms with E-state index >= 15 is 0 Å². The van der Waals surface area contributed by atoms with E-state index in [1.807, 2.05) is 12.1 Å². The standard InChI is InChI=1S/C23H20FN3O3/c1-2-26-23(29)19-9-14(3-6-20(19)24)11-27-22(28)15-4-5-17-16(10-15)13-30-21-12-25-8-7-18(17)21/h3-10,12H,2,11,13H2,1H3,(H,26,29)(H,27,28). The third kappa shape index (κ3) is 3.87. The second-order valence-electron chi connectivity index (χ2n) is 6.89. The van der Waals surface area contributed by atoms with Crippen LogP contribution in [0.1, 0.15) is 38.8 Å². The lowest BCUT2D eigenvalue weighted by atomic mass is 9.96. The maximum Gasteiger partial charge on any atom is 0.254 e. The Balaban J connectivity index is 1.48. The number of rotatable bonds is 5. The number of halogens is 1. The van der Waals surface area contributed by atoms with Crippen molar-refractivity contribution in [2.75, 3.05) is 6.54 Å². The van der Waals surface area contributed by atoms with Gasteiger partial charge in [-0.2, -0.15) is 0 Å². The summed E-state index contributed by atoms with van der Waals surface area (Å²) in [6.07, 6.45) is 3.38. The van der Waals surface area contributed by atoms with Crippen LogP contribution in [0.25, 0.3) is 11.1 Å². The van der Waals surface area contributed by atoms with Gasteiger partial charge in [0, 0.05) is 30.4 Å². The highest BCUT2D eigenvalue weighted by Crippen LogP contribution is 2.36. The fourth-order valence-corrected chi connectivity index (χ4v) is 3.39. The van der Waals surface area contributed by atoms with Crippen molar-refractivity contribution in [1.29, 1.82) is 0 Å². The van der Waals surface area contributed by atoms with E-state index in [0.29, 0.717) is 24.3 Å². The zero-order valence-electron chi connectivity index (χ0n) is 16.4. The van der Waals surface area contributed by atoms with Crippen LogP contribution in [0.15, 0.2) is 54.9 Å². The molecule has 4 rings (SSSR count). The Labute approximate surface area is 173 Å². The predicted molar refractivity (Wildman–Crippen MR) is 110 cm³/mol. The number of hydrogen-bond acceptors (Lipinski definition) is 4. The molecule has 0 spiro atoms. The van der Waals surface area contributed by atoms with Gasteiger partial charge in [-0.3, -0.25) is 14.6 Å². The van der Waals surface area contributed by atoms with Gasteiger partial charge < -0.3 is 15.4 Å². The van der Waals surface area contributed by atoms with E-state index in [1.165, 1.54) is 12.1 Å². The Bertz CT molecular complexity index is 1130.